The lowest BCUT2D eigenvalue weighted by Gasteiger charge is -2.12. The Hall–Kier alpha value is -1.13. The van der Waals surface area contributed by atoms with Crippen LogP contribution in [0, 0.1) is 0 Å². The van der Waals surface area contributed by atoms with Gasteiger partial charge in [0.05, 0.1) is 21.8 Å². The number of hydrogen-bond acceptors (Lipinski definition) is 3. The van der Waals surface area contributed by atoms with Crippen LogP contribution in [0.2, 0.25) is 5.02 Å². The Morgan fingerprint density at radius 3 is 3.00 bits per heavy atom. The van der Waals surface area contributed by atoms with Gasteiger partial charge >= 0.3 is 0 Å². The van der Waals surface area contributed by atoms with Crippen LogP contribution < -0.4 is 0 Å². The van der Waals surface area contributed by atoms with Crippen LogP contribution in [0.25, 0.3) is 10.2 Å². The highest BCUT2D eigenvalue weighted by Crippen LogP contribution is 2.30. The number of amides is 1. The zero-order chi connectivity index (χ0) is 11.7. The Morgan fingerprint density at radius 2 is 2.38 bits per heavy atom. The lowest BCUT2D eigenvalue weighted by molar-refractivity contribution is -0.128. The van der Waals surface area contributed by atoms with E-state index in [0.717, 1.165) is 15.1 Å². The molecular formula is C11H11ClN2OS. The highest BCUT2D eigenvalue weighted by atomic mass is 35.5. The van der Waals surface area contributed by atoms with Crippen molar-refractivity contribution in [1.29, 1.82) is 0 Å². The zero-order valence-corrected chi connectivity index (χ0v) is 10.6. The molecule has 2 heterocycles. The lowest BCUT2D eigenvalue weighted by Crippen LogP contribution is -2.22. The van der Waals surface area contributed by atoms with Crippen LogP contribution in [0.15, 0.2) is 18.3 Å². The van der Waals surface area contributed by atoms with E-state index in [-0.39, 0.29) is 5.91 Å². The second-order valence-corrected chi connectivity index (χ2v) is 5.14. The maximum Gasteiger partial charge on any atom is 0.219 e. The molecule has 0 N–H and O–H groups in total. The van der Waals surface area contributed by atoms with Gasteiger partial charge in [-0.05, 0) is 12.1 Å². The van der Waals surface area contributed by atoms with Crippen molar-refractivity contribution in [3.8, 4) is 0 Å². The first-order valence-electron chi connectivity index (χ1n) is 4.82. The van der Waals surface area contributed by atoms with Crippen LogP contribution in [0.1, 0.15) is 11.8 Å². The number of carbonyl (C=O) groups excluding carboxylic acids is 1. The number of aromatic nitrogens is 1. The van der Waals surface area contributed by atoms with E-state index in [2.05, 4.69) is 4.98 Å². The van der Waals surface area contributed by atoms with Crippen molar-refractivity contribution in [3.05, 3.63) is 28.2 Å². The van der Waals surface area contributed by atoms with E-state index >= 15 is 0 Å². The summed E-state index contributed by atoms with van der Waals surface area (Å²) in [5.74, 6) is 0.0523. The monoisotopic (exact) mass is 254 g/mol. The summed E-state index contributed by atoms with van der Waals surface area (Å²) in [5, 5.41) is 0.715. The Labute approximate surface area is 103 Å². The normalized spacial score (nSPS) is 10.7. The number of thiophene rings is 1. The molecule has 0 aliphatic carbocycles. The number of fused-ring (bicyclic) bond motifs is 1. The fourth-order valence-corrected chi connectivity index (χ4v) is 2.72. The third-order valence-electron chi connectivity index (χ3n) is 2.35. The third kappa shape index (κ3) is 2.18. The van der Waals surface area contributed by atoms with Crippen LogP contribution in [-0.4, -0.2) is 22.8 Å². The summed E-state index contributed by atoms with van der Waals surface area (Å²) in [6, 6.07) is 3.75. The molecule has 2 aromatic rings. The molecule has 0 aliphatic rings. The van der Waals surface area contributed by atoms with E-state index in [1.165, 1.54) is 0 Å². The molecule has 5 heteroatoms. The smallest absolute Gasteiger partial charge is 0.219 e. The number of pyridine rings is 1. The van der Waals surface area contributed by atoms with Gasteiger partial charge in [0.2, 0.25) is 5.91 Å². The molecular weight excluding hydrogens is 244 g/mol. The van der Waals surface area contributed by atoms with Crippen molar-refractivity contribution in [2.45, 2.75) is 13.5 Å². The first-order valence-corrected chi connectivity index (χ1v) is 6.02. The highest BCUT2D eigenvalue weighted by Gasteiger charge is 2.09. The third-order valence-corrected chi connectivity index (χ3v) is 3.91. The minimum absolute atomic E-state index is 0.0523. The predicted molar refractivity (Wildman–Crippen MR) is 66.8 cm³/mol. The van der Waals surface area contributed by atoms with Crippen molar-refractivity contribution in [2.75, 3.05) is 7.05 Å². The fraction of sp³-hybridized carbons (Fsp3) is 0.273. The fourth-order valence-electron chi connectivity index (χ4n) is 1.38. The van der Waals surface area contributed by atoms with Crippen LogP contribution in [0.4, 0.5) is 0 Å². The molecule has 3 nitrogen and oxygen atoms in total. The van der Waals surface area contributed by atoms with Gasteiger partial charge in [-0.25, -0.2) is 0 Å². The van der Waals surface area contributed by atoms with E-state index in [0.29, 0.717) is 11.6 Å². The summed E-state index contributed by atoms with van der Waals surface area (Å²) < 4.78 is 0.983. The van der Waals surface area contributed by atoms with E-state index < -0.39 is 0 Å². The molecule has 0 bridgehead atoms. The van der Waals surface area contributed by atoms with Gasteiger partial charge in [-0.2, -0.15) is 0 Å². The largest absolute Gasteiger partial charge is 0.341 e. The lowest BCUT2D eigenvalue weighted by atomic mass is 10.3. The van der Waals surface area contributed by atoms with Gasteiger partial charge in [0.25, 0.3) is 0 Å². The van der Waals surface area contributed by atoms with Gasteiger partial charge in [0, 0.05) is 25.0 Å². The molecule has 0 atom stereocenters. The molecule has 0 radical (unpaired) electrons. The molecule has 1 amide bonds. The Balaban J connectivity index is 2.33. The van der Waals surface area contributed by atoms with Crippen LogP contribution in [-0.2, 0) is 11.3 Å². The first-order chi connectivity index (χ1) is 7.58. The average molecular weight is 255 g/mol. The molecule has 0 fully saturated rings. The van der Waals surface area contributed by atoms with Crippen molar-refractivity contribution in [2.24, 2.45) is 0 Å². The first kappa shape index (κ1) is 11.4. The van der Waals surface area contributed by atoms with Crippen molar-refractivity contribution in [3.63, 3.8) is 0 Å². The summed E-state index contributed by atoms with van der Waals surface area (Å²) in [7, 11) is 1.78. The van der Waals surface area contributed by atoms with E-state index in [1.54, 1.807) is 42.5 Å². The number of carbonyl (C=O) groups is 1. The van der Waals surface area contributed by atoms with E-state index in [4.69, 9.17) is 11.6 Å². The Kier molecular flexibility index (Phi) is 3.12. The molecule has 2 rings (SSSR count). The van der Waals surface area contributed by atoms with Crippen molar-refractivity contribution in [1.82, 2.24) is 9.88 Å². The quantitative estimate of drug-likeness (QED) is 0.826. The summed E-state index contributed by atoms with van der Waals surface area (Å²) in [5.41, 5.74) is 0.893. The van der Waals surface area contributed by atoms with E-state index in [1.807, 2.05) is 6.07 Å². The minimum Gasteiger partial charge on any atom is -0.341 e. The number of halogens is 1. The molecule has 0 spiro atoms. The molecule has 0 saturated heterocycles. The molecule has 2 aromatic heterocycles. The number of nitrogens with zero attached hydrogens (tertiary/aromatic N) is 2. The van der Waals surface area contributed by atoms with Crippen molar-refractivity contribution < 1.29 is 4.79 Å². The molecule has 0 saturated carbocycles. The standard InChI is InChI=1S/C11H11ClN2OS/c1-7(15)14(2)6-8-5-10-11(16-8)9(12)3-4-13-10/h3-5H,6H2,1-2H3. The SMILES string of the molecule is CC(=O)N(C)Cc1cc2nccc(Cl)c2s1. The van der Waals surface area contributed by atoms with Gasteiger partial charge < -0.3 is 4.90 Å². The molecule has 0 aliphatic heterocycles. The predicted octanol–water partition coefficient (Wildman–Crippen LogP) is 2.93. The van der Waals surface area contributed by atoms with Gasteiger partial charge in [-0.3, -0.25) is 9.78 Å². The summed E-state index contributed by atoms with van der Waals surface area (Å²) in [4.78, 5) is 18.1. The van der Waals surface area contributed by atoms with Crippen LogP contribution in [0.5, 0.6) is 0 Å². The van der Waals surface area contributed by atoms with Crippen molar-refractivity contribution >= 4 is 39.1 Å². The van der Waals surface area contributed by atoms with Crippen LogP contribution >= 0.6 is 22.9 Å². The molecule has 84 valence electrons. The van der Waals surface area contributed by atoms with Gasteiger partial charge in [0.15, 0.2) is 0 Å². The molecule has 16 heavy (non-hydrogen) atoms. The highest BCUT2D eigenvalue weighted by molar-refractivity contribution is 7.19. The summed E-state index contributed by atoms with van der Waals surface area (Å²) in [6.45, 7) is 2.16. The Morgan fingerprint density at radius 1 is 1.62 bits per heavy atom. The molecule has 0 aromatic carbocycles. The summed E-state index contributed by atoms with van der Waals surface area (Å²) >= 11 is 7.64. The maximum atomic E-state index is 11.1. The van der Waals surface area contributed by atoms with Gasteiger partial charge in [-0.15, -0.1) is 11.3 Å². The van der Waals surface area contributed by atoms with E-state index in [9.17, 15) is 4.79 Å². The Bertz CT molecular complexity index is 538. The summed E-state index contributed by atoms with van der Waals surface area (Å²) in [6.07, 6.45) is 1.69. The topological polar surface area (TPSA) is 33.2 Å². The minimum atomic E-state index is 0.0523. The number of rotatable bonds is 2. The maximum absolute atomic E-state index is 11.1. The zero-order valence-electron chi connectivity index (χ0n) is 9.03. The second-order valence-electron chi connectivity index (χ2n) is 3.59. The second kappa shape index (κ2) is 4.39. The average Bonchev–Trinajstić information content (AvgIpc) is 2.61. The van der Waals surface area contributed by atoms with Gasteiger partial charge in [0.1, 0.15) is 0 Å². The van der Waals surface area contributed by atoms with Crippen LogP contribution in [0.3, 0.4) is 0 Å². The number of hydrogen-bond donors (Lipinski definition) is 0. The molecule has 0 unspecified atom stereocenters. The van der Waals surface area contributed by atoms with Gasteiger partial charge in [-0.1, -0.05) is 11.6 Å².